The van der Waals surface area contributed by atoms with Gasteiger partial charge >= 0.3 is 0 Å². The van der Waals surface area contributed by atoms with Crippen LogP contribution in [0.1, 0.15) is 151 Å². The van der Waals surface area contributed by atoms with Crippen molar-refractivity contribution in [2.45, 2.75) is 144 Å². The predicted octanol–water partition coefficient (Wildman–Crippen LogP) is 8.99. The quantitative estimate of drug-likeness (QED) is 0.0635. The third-order valence-corrected chi connectivity index (χ3v) is 16.9. The fourth-order valence-electron chi connectivity index (χ4n) is 13.1. The number of fused-ring (bicyclic) bond motifs is 9. The number of phenolic OH excluding ortho intramolecular Hbond substituents is 2. The molecule has 7 unspecified atom stereocenters. The number of Topliss-reactive ketones (excluding diaryl/α,β-unsaturated/α-hetero) is 2. The van der Waals surface area contributed by atoms with Crippen molar-refractivity contribution in [3.63, 3.8) is 0 Å². The molecule has 4 aliphatic carbocycles. The Hall–Kier alpha value is -6.36. The van der Waals surface area contributed by atoms with Gasteiger partial charge in [0.05, 0.1) is 23.7 Å². The van der Waals surface area contributed by atoms with E-state index in [9.17, 15) is 35.4 Å². The van der Waals surface area contributed by atoms with Crippen molar-refractivity contribution >= 4 is 29.5 Å². The van der Waals surface area contributed by atoms with Crippen molar-refractivity contribution in [1.82, 2.24) is 9.97 Å². The smallest absolute Gasteiger partial charge is 0.163 e. The molecule has 3 aromatic carbocycles. The molecule has 4 heterocycles. The van der Waals surface area contributed by atoms with E-state index in [0.717, 1.165) is 79.2 Å². The summed E-state index contributed by atoms with van der Waals surface area (Å²) in [7, 11) is 0. The van der Waals surface area contributed by atoms with E-state index in [1.54, 1.807) is 42.6 Å². The Labute approximate surface area is 420 Å². The second-order valence-electron chi connectivity index (χ2n) is 21.3. The summed E-state index contributed by atoms with van der Waals surface area (Å²) in [5.41, 5.74) is 5.36. The molecule has 7 N–H and O–H groups in total. The summed E-state index contributed by atoms with van der Waals surface area (Å²) in [5.74, 6) is 3.59. The van der Waals surface area contributed by atoms with E-state index in [4.69, 9.17) is 15.0 Å². The summed E-state index contributed by atoms with van der Waals surface area (Å²) in [5, 5.41) is 76.5. The highest BCUT2D eigenvalue weighted by Gasteiger charge is 2.46. The summed E-state index contributed by atoms with van der Waals surface area (Å²) in [6.45, 7) is -0.440. The highest BCUT2D eigenvalue weighted by atomic mass is 16.5. The van der Waals surface area contributed by atoms with Crippen molar-refractivity contribution in [1.29, 1.82) is 0 Å². The number of hydrogen-bond acceptors (Lipinski definition) is 9. The van der Waals surface area contributed by atoms with Crippen LogP contribution < -0.4 is 9.72 Å². The number of benzene rings is 3. The molecular weight excluding hydrogens is 907 g/mol. The van der Waals surface area contributed by atoms with Gasteiger partial charge < -0.3 is 50.7 Å². The number of rotatable bonds is 6. The molecule has 12 heteroatoms. The van der Waals surface area contributed by atoms with Crippen LogP contribution in [0.25, 0.3) is 17.5 Å². The van der Waals surface area contributed by atoms with E-state index in [1.165, 1.54) is 0 Å². The van der Waals surface area contributed by atoms with Gasteiger partial charge in [-0.05, 0) is 140 Å². The van der Waals surface area contributed by atoms with Crippen LogP contribution in [-0.2, 0) is 34.3 Å². The van der Waals surface area contributed by atoms with E-state index in [-0.39, 0.29) is 73.2 Å². The molecule has 0 radical (unpaired) electrons. The molecule has 5 bridgehead atoms. The van der Waals surface area contributed by atoms with Crippen molar-refractivity contribution in [3.05, 3.63) is 146 Å². The zero-order valence-electron chi connectivity index (χ0n) is 40.5. The van der Waals surface area contributed by atoms with Crippen LogP contribution >= 0.6 is 0 Å². The number of phenols is 2. The summed E-state index contributed by atoms with van der Waals surface area (Å²) in [6, 6.07) is 17.5. The molecule has 11 rings (SSSR count). The first-order chi connectivity index (χ1) is 34.9. The Morgan fingerprint density at radius 1 is 0.875 bits per heavy atom. The summed E-state index contributed by atoms with van der Waals surface area (Å²) in [6.07, 6.45) is 14.7. The van der Waals surface area contributed by atoms with Crippen LogP contribution in [0.3, 0.4) is 0 Å². The van der Waals surface area contributed by atoms with Gasteiger partial charge in [-0.3, -0.25) is 9.59 Å². The van der Waals surface area contributed by atoms with Crippen molar-refractivity contribution in [2.24, 2.45) is 11.8 Å². The van der Waals surface area contributed by atoms with Gasteiger partial charge in [0.2, 0.25) is 0 Å². The Morgan fingerprint density at radius 3 is 2.53 bits per heavy atom. The summed E-state index contributed by atoms with van der Waals surface area (Å²) >= 11 is 0. The maximum absolute atomic E-state index is 16.0. The number of ether oxygens (including phenoxy) is 1. The molecule has 2 saturated carbocycles. The van der Waals surface area contributed by atoms with Gasteiger partial charge in [0.25, 0.3) is 0 Å². The molecule has 2 aliphatic heterocycles. The van der Waals surface area contributed by atoms with Crippen molar-refractivity contribution in [2.75, 3.05) is 6.61 Å². The Kier molecular flexibility index (Phi) is 13.0. The molecule has 0 saturated heterocycles. The minimum atomic E-state index is -1.47. The molecule has 1 spiro atoms. The number of H-pyrrole nitrogens is 1. The van der Waals surface area contributed by atoms with Gasteiger partial charge in [-0.2, -0.15) is 6.20 Å². The predicted molar refractivity (Wildman–Crippen MR) is 273 cm³/mol. The fraction of sp³-hybridized carbons (Fsp3) is 0.433. The number of carbonyl (C=O) groups excluding carboxylic acids is 2. The molecule has 72 heavy (non-hydrogen) atoms. The SMILES string of the molecule is O=C1CCc2cc(OC3CCCC3)c(O)c(c2)C(O)c2ccc3c(c2)Cc2cc[nH]c2[N-]C(C#CCC(O)C32CCCC2)C2=Cc3[n-]ccc3C(CC3(O)C=Cc4c(O)cccc4CC3)C2C(=O)C1CCO. The number of ketones is 2. The molecule has 374 valence electrons. The van der Waals surface area contributed by atoms with Crippen LogP contribution in [0.15, 0.2) is 84.7 Å². The van der Waals surface area contributed by atoms with Crippen LogP contribution in [-0.4, -0.2) is 77.6 Å². The lowest BCUT2D eigenvalue weighted by Gasteiger charge is -2.42. The van der Waals surface area contributed by atoms with E-state index in [2.05, 4.69) is 16.8 Å². The zero-order valence-corrected chi connectivity index (χ0v) is 40.5. The lowest BCUT2D eigenvalue weighted by atomic mass is 9.65. The number of aromatic hydroxyl groups is 2. The zero-order chi connectivity index (χ0) is 49.7. The number of aryl methyl sites for hydroxylation is 2. The minimum absolute atomic E-state index is 0.0569. The number of carbonyl (C=O) groups is 2. The lowest BCUT2D eigenvalue weighted by Crippen LogP contribution is -2.41. The van der Waals surface area contributed by atoms with E-state index < -0.39 is 59.4 Å². The van der Waals surface area contributed by atoms with E-state index in [0.29, 0.717) is 46.6 Å². The highest BCUT2D eigenvalue weighted by molar-refractivity contribution is 6.05. The third-order valence-electron chi connectivity index (χ3n) is 16.9. The molecular formula is C60H63N3O9-2. The monoisotopic (exact) mass is 969 g/mol. The molecule has 7 atom stereocenters. The first-order valence-corrected chi connectivity index (χ1v) is 26.0. The Bertz CT molecular complexity index is 3010. The maximum Gasteiger partial charge on any atom is 0.163 e. The number of aliphatic hydroxyl groups is 4. The fourth-order valence-corrected chi connectivity index (χ4v) is 13.1. The highest BCUT2D eigenvalue weighted by Crippen LogP contribution is 2.51. The number of aromatic nitrogens is 2. The first kappa shape index (κ1) is 47.9. The standard InChI is InChI=1S/C60H63N3O9/c64-28-21-43-51(66)16-13-35-29-45(56(69)52(30-35)72-40-8-1-2-9-40)55(68)37-14-15-47-39(31-37)32-38-19-26-62-58(38)63-48(10-6-12-53(67)60(47)22-3-4-23-60)44-33-49-42(20-27-61-49)46(54(44)57(43)70)34-59(71)24-17-36-7-5-11-50(65)41(36)18-25-59/h5,7,11,14-15,18-20,25-27,29-31,33,40,43,46,48,53-55,62,64-65,67-69,71H,1-4,8-9,12-13,16-17,21-24,28,32,34H2/q-2. The van der Waals surface area contributed by atoms with Crippen molar-refractivity contribution in [3.8, 4) is 29.1 Å². The summed E-state index contributed by atoms with van der Waals surface area (Å²) in [4.78, 5) is 39.0. The molecule has 2 aromatic heterocycles. The molecule has 2 fully saturated rings. The number of aliphatic hydroxyl groups excluding tert-OH is 3. The van der Waals surface area contributed by atoms with Crippen LogP contribution in [0, 0.1) is 23.7 Å². The van der Waals surface area contributed by atoms with Gasteiger partial charge in [0.1, 0.15) is 17.6 Å². The third kappa shape index (κ3) is 8.89. The molecule has 5 aromatic rings. The molecule has 12 nitrogen and oxygen atoms in total. The topological polar surface area (TPSA) is 209 Å². The number of nitrogens with one attached hydrogen (secondary N) is 1. The second-order valence-corrected chi connectivity index (χ2v) is 21.3. The van der Waals surface area contributed by atoms with Gasteiger partial charge in [0.15, 0.2) is 17.3 Å². The largest absolute Gasteiger partial charge is 0.664 e. The summed E-state index contributed by atoms with van der Waals surface area (Å²) < 4.78 is 6.46. The second kappa shape index (κ2) is 19.6. The van der Waals surface area contributed by atoms with Crippen LogP contribution in [0.5, 0.6) is 17.2 Å². The molecule has 0 amide bonds. The van der Waals surface area contributed by atoms with Gasteiger partial charge in [-0.1, -0.05) is 97.0 Å². The lowest BCUT2D eigenvalue weighted by molar-refractivity contribution is -0.135. The Morgan fingerprint density at radius 2 is 1.71 bits per heavy atom. The molecule has 6 aliphatic rings. The van der Waals surface area contributed by atoms with E-state index >= 15 is 4.79 Å². The van der Waals surface area contributed by atoms with Crippen molar-refractivity contribution < 1.29 is 45.0 Å². The van der Waals surface area contributed by atoms with E-state index in [1.807, 2.05) is 48.7 Å². The Balaban J connectivity index is 1.09. The average Bonchev–Trinajstić information content (AvgIpc) is 4.23. The minimum Gasteiger partial charge on any atom is -0.664 e. The number of hydrogen-bond donors (Lipinski definition) is 7. The number of aromatic amines is 1. The maximum atomic E-state index is 16.0. The normalized spacial score (nSPS) is 27.0. The van der Waals surface area contributed by atoms with Gasteiger partial charge in [-0.25, -0.2) is 0 Å². The van der Waals surface area contributed by atoms with Crippen LogP contribution in [0.2, 0.25) is 0 Å². The average molecular weight is 970 g/mol. The van der Waals surface area contributed by atoms with Gasteiger partial charge in [0, 0.05) is 48.0 Å². The first-order valence-electron chi connectivity index (χ1n) is 26.0. The number of nitrogens with zero attached hydrogens (tertiary/aromatic N) is 2. The van der Waals surface area contributed by atoms with Crippen LogP contribution in [0.4, 0.5) is 5.82 Å². The van der Waals surface area contributed by atoms with Gasteiger partial charge in [-0.15, -0.1) is 11.6 Å².